The van der Waals surface area contributed by atoms with Crippen molar-refractivity contribution in [3.8, 4) is 0 Å². The van der Waals surface area contributed by atoms with Crippen molar-refractivity contribution in [2.45, 2.75) is 57.5 Å². The van der Waals surface area contributed by atoms with Crippen LogP contribution >= 0.6 is 0 Å². The van der Waals surface area contributed by atoms with Gasteiger partial charge in [-0.1, -0.05) is 13.0 Å². The number of nitrogens with zero attached hydrogens (tertiary/aromatic N) is 1. The molecule has 21 heavy (non-hydrogen) atoms. The highest BCUT2D eigenvalue weighted by atomic mass is 19.2. The molecule has 1 aromatic rings. The number of halogens is 2. The lowest BCUT2D eigenvalue weighted by molar-refractivity contribution is 0.0587. The van der Waals surface area contributed by atoms with Crippen LogP contribution in [0.2, 0.25) is 0 Å². The topological polar surface area (TPSA) is 20.3 Å². The second-order valence-corrected chi connectivity index (χ2v) is 6.46. The molecule has 0 atom stereocenters. The maximum absolute atomic E-state index is 13.9. The summed E-state index contributed by atoms with van der Waals surface area (Å²) in [5, 5.41) is 0. The van der Waals surface area contributed by atoms with Crippen molar-refractivity contribution in [1.29, 1.82) is 0 Å². The average Bonchev–Trinajstić information content (AvgIpc) is 3.29. The van der Waals surface area contributed by atoms with Crippen LogP contribution in [0.3, 0.4) is 0 Å². The second-order valence-electron chi connectivity index (χ2n) is 6.46. The molecule has 3 rings (SSSR count). The average molecular weight is 293 g/mol. The number of carbonyl (C=O) groups is 1. The second kappa shape index (κ2) is 5.74. The molecule has 2 nitrogen and oxygen atoms in total. The summed E-state index contributed by atoms with van der Waals surface area (Å²) in [5.74, 6) is -1.61. The van der Waals surface area contributed by atoms with E-state index < -0.39 is 11.6 Å². The number of carbonyl (C=O) groups excluding carboxylic acids is 1. The molecule has 4 heteroatoms. The minimum atomic E-state index is -1.02. The third-order valence-corrected chi connectivity index (χ3v) is 4.74. The minimum absolute atomic E-state index is 0.125. The fraction of sp³-hybridized carbons (Fsp3) is 0.588. The zero-order valence-electron chi connectivity index (χ0n) is 12.3. The molecule has 0 saturated heterocycles. The normalized spacial score (nSPS) is 25.7. The number of hydrogen-bond donors (Lipinski definition) is 0. The third kappa shape index (κ3) is 2.94. The third-order valence-electron chi connectivity index (χ3n) is 4.74. The van der Waals surface area contributed by atoms with Crippen molar-refractivity contribution in [2.24, 2.45) is 5.92 Å². The molecule has 1 aromatic carbocycles. The van der Waals surface area contributed by atoms with E-state index in [9.17, 15) is 13.6 Å². The highest BCUT2D eigenvalue weighted by molar-refractivity contribution is 5.95. The number of amides is 1. The number of benzene rings is 1. The van der Waals surface area contributed by atoms with E-state index in [2.05, 4.69) is 6.92 Å². The van der Waals surface area contributed by atoms with Gasteiger partial charge in [-0.3, -0.25) is 4.79 Å². The summed E-state index contributed by atoms with van der Waals surface area (Å²) in [6.45, 7) is 2.23. The van der Waals surface area contributed by atoms with E-state index in [4.69, 9.17) is 0 Å². The molecule has 0 radical (unpaired) electrons. The van der Waals surface area contributed by atoms with Crippen molar-refractivity contribution < 1.29 is 13.6 Å². The maximum Gasteiger partial charge on any atom is 0.257 e. The van der Waals surface area contributed by atoms with Crippen molar-refractivity contribution in [1.82, 2.24) is 4.90 Å². The highest BCUT2D eigenvalue weighted by Gasteiger charge is 2.39. The standard InChI is InChI=1S/C17H21F2NO/c1-11-5-7-12(8-6-11)20(13-9-10-13)17(21)14-3-2-4-15(18)16(14)19/h2-4,11-13H,5-10H2,1H3. The Kier molecular flexibility index (Phi) is 3.96. The van der Waals surface area contributed by atoms with Gasteiger partial charge >= 0.3 is 0 Å². The largest absolute Gasteiger partial charge is 0.333 e. The molecule has 0 aliphatic heterocycles. The van der Waals surface area contributed by atoms with Crippen LogP contribution in [0.15, 0.2) is 18.2 Å². The van der Waals surface area contributed by atoms with Gasteiger partial charge in [0.05, 0.1) is 5.56 Å². The molecule has 0 unspecified atom stereocenters. The van der Waals surface area contributed by atoms with Gasteiger partial charge in [-0.15, -0.1) is 0 Å². The Morgan fingerprint density at radius 1 is 1.05 bits per heavy atom. The fourth-order valence-electron chi connectivity index (χ4n) is 3.31. The Balaban J connectivity index is 1.84. The zero-order chi connectivity index (χ0) is 15.0. The summed E-state index contributed by atoms with van der Waals surface area (Å²) in [5.41, 5.74) is -0.125. The lowest BCUT2D eigenvalue weighted by atomic mass is 9.86. The first-order valence-electron chi connectivity index (χ1n) is 7.84. The summed E-state index contributed by atoms with van der Waals surface area (Å²) in [6, 6.07) is 4.25. The van der Waals surface area contributed by atoms with E-state index in [1.54, 1.807) is 0 Å². The molecule has 2 aliphatic rings. The quantitative estimate of drug-likeness (QED) is 0.820. The SMILES string of the molecule is CC1CCC(N(C(=O)c2cccc(F)c2F)C2CC2)CC1. The molecule has 0 aromatic heterocycles. The van der Waals surface area contributed by atoms with E-state index in [1.807, 2.05) is 4.90 Å². The Labute approximate surface area is 124 Å². The van der Waals surface area contributed by atoms with E-state index >= 15 is 0 Å². The van der Waals surface area contributed by atoms with Gasteiger partial charge in [0.2, 0.25) is 0 Å². The van der Waals surface area contributed by atoms with Crippen LogP contribution in [0.5, 0.6) is 0 Å². The van der Waals surface area contributed by atoms with Gasteiger partial charge in [0.25, 0.3) is 5.91 Å². The lowest BCUT2D eigenvalue weighted by Gasteiger charge is -2.36. The molecular weight excluding hydrogens is 272 g/mol. The highest BCUT2D eigenvalue weighted by Crippen LogP contribution is 2.36. The van der Waals surface area contributed by atoms with E-state index in [-0.39, 0.29) is 23.6 Å². The van der Waals surface area contributed by atoms with Crippen LogP contribution in [0, 0.1) is 17.6 Å². The zero-order valence-corrected chi connectivity index (χ0v) is 12.3. The summed E-state index contributed by atoms with van der Waals surface area (Å²) < 4.78 is 27.3. The van der Waals surface area contributed by atoms with Gasteiger partial charge in [-0.2, -0.15) is 0 Å². The molecule has 114 valence electrons. The van der Waals surface area contributed by atoms with Crippen LogP contribution in [0.4, 0.5) is 8.78 Å². The lowest BCUT2D eigenvalue weighted by Crippen LogP contribution is -2.44. The molecule has 0 spiro atoms. The Morgan fingerprint density at radius 3 is 2.19 bits per heavy atom. The van der Waals surface area contributed by atoms with Crippen molar-refractivity contribution in [3.63, 3.8) is 0 Å². The molecule has 2 saturated carbocycles. The first-order valence-corrected chi connectivity index (χ1v) is 7.84. The Hall–Kier alpha value is -1.45. The monoisotopic (exact) mass is 293 g/mol. The molecule has 1 amide bonds. The van der Waals surface area contributed by atoms with Gasteiger partial charge in [0, 0.05) is 12.1 Å². The van der Waals surface area contributed by atoms with Crippen LogP contribution in [0.25, 0.3) is 0 Å². The van der Waals surface area contributed by atoms with Crippen molar-refractivity contribution >= 4 is 5.91 Å². The van der Waals surface area contributed by atoms with Crippen LogP contribution < -0.4 is 0 Å². The molecule has 0 N–H and O–H groups in total. The Morgan fingerprint density at radius 2 is 1.62 bits per heavy atom. The first kappa shape index (κ1) is 14.5. The molecule has 0 bridgehead atoms. The molecule has 2 aliphatic carbocycles. The number of rotatable bonds is 3. The van der Waals surface area contributed by atoms with E-state index in [1.165, 1.54) is 12.1 Å². The van der Waals surface area contributed by atoms with E-state index in [0.717, 1.165) is 44.6 Å². The predicted octanol–water partition coefficient (Wildman–Crippen LogP) is 4.15. The molecule has 0 heterocycles. The van der Waals surface area contributed by atoms with Crippen LogP contribution in [-0.2, 0) is 0 Å². The molecule has 2 fully saturated rings. The van der Waals surface area contributed by atoms with E-state index in [0.29, 0.717) is 5.92 Å². The minimum Gasteiger partial charge on any atom is -0.333 e. The van der Waals surface area contributed by atoms with Crippen molar-refractivity contribution in [2.75, 3.05) is 0 Å². The van der Waals surface area contributed by atoms with Gasteiger partial charge in [-0.25, -0.2) is 8.78 Å². The fourth-order valence-corrected chi connectivity index (χ4v) is 3.31. The first-order chi connectivity index (χ1) is 10.1. The van der Waals surface area contributed by atoms with Crippen LogP contribution in [-0.4, -0.2) is 22.9 Å². The van der Waals surface area contributed by atoms with Crippen molar-refractivity contribution in [3.05, 3.63) is 35.4 Å². The Bertz CT molecular complexity index is 534. The molecular formula is C17H21F2NO. The van der Waals surface area contributed by atoms with Gasteiger partial charge in [-0.05, 0) is 56.6 Å². The summed E-state index contributed by atoms with van der Waals surface area (Å²) in [4.78, 5) is 14.5. The van der Waals surface area contributed by atoms with Crippen LogP contribution in [0.1, 0.15) is 55.8 Å². The van der Waals surface area contributed by atoms with Gasteiger partial charge < -0.3 is 4.90 Å². The smallest absolute Gasteiger partial charge is 0.257 e. The maximum atomic E-state index is 13.9. The van der Waals surface area contributed by atoms with Gasteiger partial charge in [0.15, 0.2) is 11.6 Å². The summed E-state index contributed by atoms with van der Waals surface area (Å²) >= 11 is 0. The number of hydrogen-bond acceptors (Lipinski definition) is 1. The predicted molar refractivity (Wildman–Crippen MR) is 77.0 cm³/mol. The van der Waals surface area contributed by atoms with Gasteiger partial charge in [0.1, 0.15) is 0 Å². The summed E-state index contributed by atoms with van der Waals surface area (Å²) in [6.07, 6.45) is 6.11. The summed E-state index contributed by atoms with van der Waals surface area (Å²) in [7, 11) is 0.